The maximum absolute atomic E-state index is 13.5. The van der Waals surface area contributed by atoms with E-state index in [9.17, 15) is 23.5 Å². The summed E-state index contributed by atoms with van der Waals surface area (Å²) in [4.78, 5) is 28.7. The number of fused-ring (bicyclic) bond motifs is 2. The maximum atomic E-state index is 13.5. The van der Waals surface area contributed by atoms with Gasteiger partial charge in [0.05, 0.1) is 5.69 Å². The van der Waals surface area contributed by atoms with E-state index in [4.69, 9.17) is 4.74 Å². The maximum Gasteiger partial charge on any atom is 0.387 e. The largest absolute Gasteiger partial charge is 0.481 e. The van der Waals surface area contributed by atoms with Crippen LogP contribution in [0.25, 0.3) is 0 Å². The summed E-state index contributed by atoms with van der Waals surface area (Å²) in [5.41, 5.74) is 1.23. The number of aliphatic carboxylic acids is 1. The molecule has 5 rings (SSSR count). The minimum atomic E-state index is -3.02. The molecule has 3 aliphatic heterocycles. The summed E-state index contributed by atoms with van der Waals surface area (Å²) in [6, 6.07) is 3.73. The fourth-order valence-corrected chi connectivity index (χ4v) is 5.26. The lowest BCUT2D eigenvalue weighted by molar-refractivity contribution is -0.139. The number of ketones is 1. The van der Waals surface area contributed by atoms with Crippen LogP contribution in [-0.4, -0.2) is 73.2 Å². The van der Waals surface area contributed by atoms with Gasteiger partial charge in [-0.05, 0) is 25.3 Å². The molecule has 1 aromatic carbocycles. The zero-order chi connectivity index (χ0) is 21.0. The van der Waals surface area contributed by atoms with E-state index < -0.39 is 24.3 Å². The number of carbonyl (C=O) groups excluding carboxylic acids is 1. The number of nitrogens with zero attached hydrogens (tertiary/aromatic N) is 2. The van der Waals surface area contributed by atoms with E-state index in [1.54, 1.807) is 12.1 Å². The Morgan fingerprint density at radius 1 is 1.23 bits per heavy atom. The molecular formula is C21H25F2N3O4. The van der Waals surface area contributed by atoms with E-state index in [2.05, 4.69) is 10.2 Å². The van der Waals surface area contributed by atoms with Crippen LogP contribution in [0.4, 0.5) is 14.5 Å². The fourth-order valence-electron chi connectivity index (χ4n) is 5.26. The van der Waals surface area contributed by atoms with Gasteiger partial charge in [0.25, 0.3) is 0 Å². The van der Waals surface area contributed by atoms with Crippen LogP contribution in [0, 0.1) is 5.92 Å². The quantitative estimate of drug-likeness (QED) is 0.703. The summed E-state index contributed by atoms with van der Waals surface area (Å²) in [5.74, 6) is -2.81. The predicted molar refractivity (Wildman–Crippen MR) is 104 cm³/mol. The molecule has 0 radical (unpaired) electrons. The third-order valence-electron chi connectivity index (χ3n) is 6.83. The van der Waals surface area contributed by atoms with Gasteiger partial charge in [0, 0.05) is 61.9 Å². The first-order valence-electron chi connectivity index (χ1n) is 10.5. The molecule has 4 aliphatic rings. The normalized spacial score (nSPS) is 29.1. The smallest absolute Gasteiger partial charge is 0.387 e. The Hall–Kier alpha value is -2.26. The second-order valence-electron chi connectivity index (χ2n) is 8.68. The van der Waals surface area contributed by atoms with Crippen LogP contribution in [0.1, 0.15) is 41.1 Å². The van der Waals surface area contributed by atoms with Crippen LogP contribution in [0.15, 0.2) is 12.1 Å². The van der Waals surface area contributed by atoms with Crippen LogP contribution in [0.3, 0.4) is 0 Å². The summed E-state index contributed by atoms with van der Waals surface area (Å²) in [6.07, 6.45) is 2.53. The Morgan fingerprint density at radius 3 is 2.70 bits per heavy atom. The molecule has 1 aromatic rings. The summed E-state index contributed by atoms with van der Waals surface area (Å²) in [7, 11) is 0. The number of carboxylic acids is 1. The highest BCUT2D eigenvalue weighted by Crippen LogP contribution is 2.49. The van der Waals surface area contributed by atoms with Crippen molar-refractivity contribution < 1.29 is 28.2 Å². The van der Waals surface area contributed by atoms with Gasteiger partial charge in [0.15, 0.2) is 11.5 Å². The Kier molecular flexibility index (Phi) is 4.89. The Balaban J connectivity index is 1.59. The van der Waals surface area contributed by atoms with E-state index in [0.717, 1.165) is 45.4 Å². The van der Waals surface area contributed by atoms with Crippen molar-refractivity contribution in [2.24, 2.45) is 5.92 Å². The van der Waals surface area contributed by atoms with Gasteiger partial charge in [-0.2, -0.15) is 8.78 Å². The molecule has 1 aliphatic carbocycles. The molecule has 3 atom stereocenters. The number of halogens is 2. The van der Waals surface area contributed by atoms with E-state index in [1.807, 2.05) is 4.90 Å². The van der Waals surface area contributed by atoms with Gasteiger partial charge in [-0.15, -0.1) is 0 Å². The number of benzene rings is 1. The molecule has 7 nitrogen and oxygen atoms in total. The van der Waals surface area contributed by atoms with E-state index in [0.29, 0.717) is 17.3 Å². The molecule has 0 bridgehead atoms. The van der Waals surface area contributed by atoms with Crippen molar-refractivity contribution in [2.45, 2.75) is 43.9 Å². The topological polar surface area (TPSA) is 82.1 Å². The fraction of sp³-hybridized carbons (Fsp3) is 0.619. The minimum absolute atomic E-state index is 0.00176. The zero-order valence-electron chi connectivity index (χ0n) is 16.5. The van der Waals surface area contributed by atoms with Crippen LogP contribution in [0.5, 0.6) is 5.75 Å². The first kappa shape index (κ1) is 19.7. The zero-order valence-corrected chi connectivity index (χ0v) is 16.5. The van der Waals surface area contributed by atoms with Crippen LogP contribution < -0.4 is 15.0 Å². The average Bonchev–Trinajstić information content (AvgIpc) is 3.46. The van der Waals surface area contributed by atoms with E-state index in [1.165, 1.54) is 0 Å². The Labute approximate surface area is 173 Å². The second kappa shape index (κ2) is 7.46. The van der Waals surface area contributed by atoms with E-state index in [-0.39, 0.29) is 29.8 Å². The molecular weight excluding hydrogens is 396 g/mol. The molecule has 2 unspecified atom stereocenters. The van der Waals surface area contributed by atoms with Gasteiger partial charge in [-0.25, -0.2) is 0 Å². The number of hydrogen-bond acceptors (Lipinski definition) is 6. The average molecular weight is 421 g/mol. The van der Waals surface area contributed by atoms with Crippen LogP contribution >= 0.6 is 0 Å². The molecule has 0 amide bonds. The van der Waals surface area contributed by atoms with Crippen molar-refractivity contribution in [1.82, 2.24) is 10.2 Å². The first-order valence-corrected chi connectivity index (χ1v) is 10.5. The van der Waals surface area contributed by atoms with Crippen molar-refractivity contribution in [3.05, 3.63) is 23.3 Å². The minimum Gasteiger partial charge on any atom is -0.481 e. The number of hydrogen-bond donors (Lipinski definition) is 2. The number of carbonyl (C=O) groups is 2. The predicted octanol–water partition coefficient (Wildman–Crippen LogP) is 1.91. The SMILES string of the molecule is O=C(O)C1CN(C2CC2)c2c(ccc(C3C[C@H]4CNCCN4C3)c2OC(F)F)C1=O. The van der Waals surface area contributed by atoms with Crippen molar-refractivity contribution in [3.8, 4) is 5.75 Å². The number of anilines is 1. The highest BCUT2D eigenvalue weighted by molar-refractivity contribution is 6.14. The third-order valence-corrected chi connectivity index (χ3v) is 6.83. The molecule has 3 heterocycles. The van der Waals surface area contributed by atoms with Gasteiger partial charge in [-0.1, -0.05) is 6.07 Å². The number of carboxylic acid groups (broad SMARTS) is 1. The molecule has 2 saturated heterocycles. The Bertz CT molecular complexity index is 862. The van der Waals surface area contributed by atoms with Gasteiger partial charge in [0.1, 0.15) is 5.92 Å². The third kappa shape index (κ3) is 3.33. The van der Waals surface area contributed by atoms with Gasteiger partial charge in [0.2, 0.25) is 0 Å². The molecule has 3 fully saturated rings. The number of rotatable bonds is 5. The highest BCUT2D eigenvalue weighted by Gasteiger charge is 2.45. The Morgan fingerprint density at radius 2 is 2.03 bits per heavy atom. The van der Waals surface area contributed by atoms with Gasteiger partial charge >= 0.3 is 12.6 Å². The monoisotopic (exact) mass is 421 g/mol. The van der Waals surface area contributed by atoms with Crippen LogP contribution in [0.2, 0.25) is 0 Å². The van der Waals surface area contributed by atoms with Gasteiger partial charge in [-0.3, -0.25) is 14.5 Å². The van der Waals surface area contributed by atoms with Crippen molar-refractivity contribution >= 4 is 17.4 Å². The number of nitrogens with one attached hydrogen (secondary N) is 1. The van der Waals surface area contributed by atoms with Crippen LogP contribution in [-0.2, 0) is 4.79 Å². The second-order valence-corrected chi connectivity index (χ2v) is 8.68. The van der Waals surface area contributed by atoms with Crippen molar-refractivity contribution in [2.75, 3.05) is 37.6 Å². The number of Topliss-reactive ketones (excluding diaryl/α,β-unsaturated/α-hetero) is 1. The lowest BCUT2D eigenvalue weighted by atomic mass is 9.86. The number of ether oxygens (including phenoxy) is 1. The highest BCUT2D eigenvalue weighted by atomic mass is 19.3. The standard InChI is InChI=1S/C21H25F2N3O4/c22-21(23)30-19-14(11-7-13-8-24-5-6-25(13)9-11)3-4-15-17(19)26(12-1-2-12)10-16(18(15)27)20(28)29/h3-4,11-13,16,21,24H,1-2,5-10H2,(H,28,29)/t11?,13-,16?/m0/s1. The molecule has 2 N–H and O–H groups in total. The van der Waals surface area contributed by atoms with Gasteiger partial charge < -0.3 is 20.1 Å². The molecule has 9 heteroatoms. The number of alkyl halides is 2. The lowest BCUT2D eigenvalue weighted by Gasteiger charge is -2.36. The summed E-state index contributed by atoms with van der Waals surface area (Å²) >= 11 is 0. The lowest BCUT2D eigenvalue weighted by Crippen LogP contribution is -2.47. The van der Waals surface area contributed by atoms with Crippen molar-refractivity contribution in [1.29, 1.82) is 0 Å². The first-order chi connectivity index (χ1) is 14.4. The molecule has 1 saturated carbocycles. The molecule has 0 spiro atoms. The number of piperazine rings is 1. The van der Waals surface area contributed by atoms with E-state index >= 15 is 0 Å². The summed E-state index contributed by atoms with van der Waals surface area (Å²) < 4.78 is 32.0. The van der Waals surface area contributed by atoms with Crippen molar-refractivity contribution in [3.63, 3.8) is 0 Å². The molecule has 162 valence electrons. The summed E-state index contributed by atoms with van der Waals surface area (Å²) in [5, 5.41) is 12.9. The molecule has 0 aromatic heterocycles. The molecule has 30 heavy (non-hydrogen) atoms. The summed E-state index contributed by atoms with van der Waals surface area (Å²) in [6.45, 7) is 0.449.